The molecule has 1 amide bonds. The molecule has 4 nitrogen and oxygen atoms in total. The molecule has 0 aromatic heterocycles. The summed E-state index contributed by atoms with van der Waals surface area (Å²) in [6.07, 6.45) is 1.96. The van der Waals surface area contributed by atoms with Crippen molar-refractivity contribution in [2.24, 2.45) is 0 Å². The first-order valence-electron chi connectivity index (χ1n) is 5.73. The lowest BCUT2D eigenvalue weighted by Gasteiger charge is -2.24. The number of carbonyl (C=O) groups excluding carboxylic acids is 1. The Morgan fingerprint density at radius 2 is 2.11 bits per heavy atom. The predicted molar refractivity (Wildman–Crippen MR) is 72.0 cm³/mol. The lowest BCUT2D eigenvalue weighted by Crippen LogP contribution is -2.51. The van der Waals surface area contributed by atoms with Crippen LogP contribution in [0.3, 0.4) is 0 Å². The third kappa shape index (κ3) is 3.47. The molecule has 104 valence electrons. The first-order chi connectivity index (χ1) is 8.84. The van der Waals surface area contributed by atoms with E-state index in [0.717, 1.165) is 0 Å². The van der Waals surface area contributed by atoms with E-state index in [0.29, 0.717) is 4.90 Å². The van der Waals surface area contributed by atoms with E-state index in [1.807, 2.05) is 0 Å². The van der Waals surface area contributed by atoms with Gasteiger partial charge in [0.15, 0.2) is 0 Å². The van der Waals surface area contributed by atoms with Gasteiger partial charge >= 0.3 is 5.97 Å². The van der Waals surface area contributed by atoms with E-state index in [-0.39, 0.29) is 12.0 Å². The van der Waals surface area contributed by atoms with E-state index in [2.05, 4.69) is 5.32 Å². The van der Waals surface area contributed by atoms with Crippen molar-refractivity contribution >= 4 is 23.6 Å². The number of aliphatic carboxylic acids is 1. The molecule has 0 aliphatic heterocycles. The molecule has 1 atom stereocenters. The zero-order valence-corrected chi connectivity index (χ0v) is 11.8. The van der Waals surface area contributed by atoms with E-state index < -0.39 is 23.2 Å². The maximum absolute atomic E-state index is 13.3. The number of nitrogens with one attached hydrogen (secondary N) is 1. The Morgan fingerprint density at radius 3 is 2.58 bits per heavy atom. The van der Waals surface area contributed by atoms with Crippen molar-refractivity contribution in [2.75, 3.05) is 6.26 Å². The molecule has 6 heteroatoms. The first-order valence-corrected chi connectivity index (χ1v) is 6.96. The number of hydrogen-bond donors (Lipinski definition) is 2. The Balaban J connectivity index is 2.98. The lowest BCUT2D eigenvalue weighted by atomic mass is 9.98. The van der Waals surface area contributed by atoms with Crippen molar-refractivity contribution in [3.05, 3.63) is 29.6 Å². The van der Waals surface area contributed by atoms with Crippen molar-refractivity contribution in [1.82, 2.24) is 5.32 Å². The molecule has 2 N–H and O–H groups in total. The van der Waals surface area contributed by atoms with Gasteiger partial charge in [0.05, 0.1) is 0 Å². The monoisotopic (exact) mass is 285 g/mol. The number of amides is 1. The van der Waals surface area contributed by atoms with E-state index in [1.165, 1.54) is 36.9 Å². The number of thioether (sulfide) groups is 1. The molecule has 0 aliphatic carbocycles. The molecule has 0 aliphatic rings. The van der Waals surface area contributed by atoms with Crippen molar-refractivity contribution in [1.29, 1.82) is 0 Å². The lowest BCUT2D eigenvalue weighted by molar-refractivity contribution is -0.143. The molecule has 1 rings (SSSR count). The number of hydrogen-bond acceptors (Lipinski definition) is 3. The molecule has 0 radical (unpaired) electrons. The van der Waals surface area contributed by atoms with Crippen LogP contribution in [0.15, 0.2) is 23.1 Å². The van der Waals surface area contributed by atoms with Crippen LogP contribution in [0.4, 0.5) is 4.39 Å². The van der Waals surface area contributed by atoms with Gasteiger partial charge in [0, 0.05) is 10.5 Å². The summed E-state index contributed by atoms with van der Waals surface area (Å²) in [6.45, 7) is 3.11. The zero-order valence-electron chi connectivity index (χ0n) is 11.0. The molecule has 19 heavy (non-hydrogen) atoms. The zero-order chi connectivity index (χ0) is 14.6. The molecule has 0 saturated heterocycles. The van der Waals surface area contributed by atoms with Crippen LogP contribution in [0.2, 0.25) is 0 Å². The average molecular weight is 285 g/mol. The molecule has 0 bridgehead atoms. The second-order valence-corrected chi connectivity index (χ2v) is 5.14. The van der Waals surface area contributed by atoms with Crippen LogP contribution in [0.25, 0.3) is 0 Å². The van der Waals surface area contributed by atoms with Crippen LogP contribution in [0.5, 0.6) is 0 Å². The summed E-state index contributed by atoms with van der Waals surface area (Å²) in [6, 6.07) is 3.94. The average Bonchev–Trinajstić information content (AvgIpc) is 2.38. The second-order valence-electron chi connectivity index (χ2n) is 4.29. The van der Waals surface area contributed by atoms with Gasteiger partial charge in [-0.25, -0.2) is 9.18 Å². The van der Waals surface area contributed by atoms with E-state index in [4.69, 9.17) is 5.11 Å². The molecule has 0 spiro atoms. The molecular formula is C13H16FNO3S. The predicted octanol–water partition coefficient (Wildman–Crippen LogP) is 2.53. The largest absolute Gasteiger partial charge is 0.480 e. The highest BCUT2D eigenvalue weighted by Crippen LogP contribution is 2.21. The molecular weight excluding hydrogens is 269 g/mol. The van der Waals surface area contributed by atoms with Crippen molar-refractivity contribution < 1.29 is 19.1 Å². The van der Waals surface area contributed by atoms with Crippen molar-refractivity contribution in [3.8, 4) is 0 Å². The standard InChI is InChI=1S/C13H16FNO3S/c1-4-13(2,12(17)18)15-11(16)8-5-6-9(14)10(7-8)19-3/h5-7H,4H2,1-3H3,(H,15,16)(H,17,18). The van der Waals surface area contributed by atoms with E-state index in [9.17, 15) is 14.0 Å². The molecule has 0 heterocycles. The fourth-order valence-electron chi connectivity index (χ4n) is 1.42. The van der Waals surface area contributed by atoms with Crippen LogP contribution < -0.4 is 5.32 Å². The third-order valence-corrected chi connectivity index (χ3v) is 3.73. The highest BCUT2D eigenvalue weighted by Gasteiger charge is 2.33. The van der Waals surface area contributed by atoms with Gasteiger partial charge in [-0.15, -0.1) is 11.8 Å². The fourth-order valence-corrected chi connectivity index (χ4v) is 1.92. The van der Waals surface area contributed by atoms with Gasteiger partial charge < -0.3 is 10.4 Å². The Bertz CT molecular complexity index is 507. The van der Waals surface area contributed by atoms with Gasteiger partial charge in [-0.1, -0.05) is 6.92 Å². The topological polar surface area (TPSA) is 66.4 Å². The van der Waals surface area contributed by atoms with Gasteiger partial charge in [0.25, 0.3) is 5.91 Å². The number of carboxylic acid groups (broad SMARTS) is 1. The molecule has 1 aromatic rings. The summed E-state index contributed by atoms with van der Waals surface area (Å²) in [5.41, 5.74) is -1.09. The molecule has 1 unspecified atom stereocenters. The number of rotatable bonds is 5. The minimum Gasteiger partial charge on any atom is -0.480 e. The summed E-state index contributed by atoms with van der Waals surface area (Å²) in [5, 5.41) is 11.6. The summed E-state index contributed by atoms with van der Waals surface area (Å²) < 4.78 is 13.3. The highest BCUT2D eigenvalue weighted by molar-refractivity contribution is 7.98. The summed E-state index contributed by atoms with van der Waals surface area (Å²) in [4.78, 5) is 23.5. The second kappa shape index (κ2) is 6.06. The number of carboxylic acids is 1. The van der Waals surface area contributed by atoms with E-state index in [1.54, 1.807) is 13.2 Å². The maximum atomic E-state index is 13.3. The number of carbonyl (C=O) groups is 2. The quantitative estimate of drug-likeness (QED) is 0.816. The molecule has 1 aromatic carbocycles. The Kier molecular flexibility index (Phi) is 4.94. The number of benzene rings is 1. The maximum Gasteiger partial charge on any atom is 0.329 e. The Labute approximate surface area is 115 Å². The van der Waals surface area contributed by atoms with Gasteiger partial charge in [0.1, 0.15) is 11.4 Å². The van der Waals surface area contributed by atoms with Crippen LogP contribution in [-0.4, -0.2) is 28.8 Å². The van der Waals surface area contributed by atoms with Crippen LogP contribution in [-0.2, 0) is 4.79 Å². The Hall–Kier alpha value is -1.56. The van der Waals surface area contributed by atoms with Crippen molar-refractivity contribution in [3.63, 3.8) is 0 Å². The van der Waals surface area contributed by atoms with Crippen molar-refractivity contribution in [2.45, 2.75) is 30.7 Å². The summed E-state index contributed by atoms with van der Waals surface area (Å²) >= 11 is 1.19. The minimum absolute atomic E-state index is 0.242. The third-order valence-electron chi connectivity index (χ3n) is 2.98. The smallest absolute Gasteiger partial charge is 0.329 e. The van der Waals surface area contributed by atoms with E-state index >= 15 is 0 Å². The SMILES string of the molecule is CCC(C)(NC(=O)c1ccc(F)c(SC)c1)C(=O)O. The summed E-state index contributed by atoms with van der Waals surface area (Å²) in [5.74, 6) is -2.03. The normalized spacial score (nSPS) is 13.7. The summed E-state index contributed by atoms with van der Waals surface area (Å²) in [7, 11) is 0. The number of halogens is 1. The first kappa shape index (κ1) is 15.5. The molecule has 0 fully saturated rings. The minimum atomic E-state index is -1.33. The highest BCUT2D eigenvalue weighted by atomic mass is 32.2. The van der Waals surface area contributed by atoms with Gasteiger partial charge in [-0.3, -0.25) is 4.79 Å². The van der Waals surface area contributed by atoms with Crippen LogP contribution in [0.1, 0.15) is 30.6 Å². The van der Waals surface area contributed by atoms with Gasteiger partial charge in [-0.05, 0) is 37.8 Å². The van der Waals surface area contributed by atoms with Gasteiger partial charge in [0.2, 0.25) is 0 Å². The van der Waals surface area contributed by atoms with Crippen LogP contribution >= 0.6 is 11.8 Å². The molecule has 0 saturated carbocycles. The fraction of sp³-hybridized carbons (Fsp3) is 0.385. The Morgan fingerprint density at radius 1 is 1.47 bits per heavy atom. The van der Waals surface area contributed by atoms with Gasteiger partial charge in [-0.2, -0.15) is 0 Å². The van der Waals surface area contributed by atoms with Crippen LogP contribution in [0, 0.1) is 5.82 Å².